The average molecular weight is 372 g/mol. The Hall–Kier alpha value is -1.27. The summed E-state index contributed by atoms with van der Waals surface area (Å²) < 4.78 is 12.1. The molecular formula is C16H22BrNO4. The van der Waals surface area contributed by atoms with Crippen LogP contribution in [0.2, 0.25) is 0 Å². The molecule has 1 N–H and O–H groups in total. The molecule has 0 bridgehead atoms. The minimum Gasteiger partial charge on any atom is -0.493 e. The maximum absolute atomic E-state index is 10.7. The molecule has 22 heavy (non-hydrogen) atoms. The highest BCUT2D eigenvalue weighted by molar-refractivity contribution is 9.10. The molecular weight excluding hydrogens is 350 g/mol. The summed E-state index contributed by atoms with van der Waals surface area (Å²) >= 11 is 3.49. The Balaban J connectivity index is 1.98. The summed E-state index contributed by atoms with van der Waals surface area (Å²) in [6.45, 7) is 3.82. The molecule has 0 amide bonds. The number of hydrogen-bond acceptors (Lipinski definition) is 4. The van der Waals surface area contributed by atoms with E-state index in [-0.39, 0.29) is 6.42 Å². The summed E-state index contributed by atoms with van der Waals surface area (Å²) in [7, 11) is 1.59. The second-order valence-electron chi connectivity index (χ2n) is 5.40. The van der Waals surface area contributed by atoms with E-state index in [1.807, 2.05) is 12.1 Å². The lowest BCUT2D eigenvalue weighted by Crippen LogP contribution is -2.25. The van der Waals surface area contributed by atoms with Crippen molar-refractivity contribution in [3.8, 4) is 11.5 Å². The maximum atomic E-state index is 10.7. The quantitative estimate of drug-likeness (QED) is 0.761. The van der Waals surface area contributed by atoms with Crippen LogP contribution < -0.4 is 9.47 Å². The summed E-state index contributed by atoms with van der Waals surface area (Å²) in [5, 5.41) is 8.77. The Morgan fingerprint density at radius 1 is 1.36 bits per heavy atom. The summed E-state index contributed by atoms with van der Waals surface area (Å²) in [6, 6.07) is 3.75. The number of ether oxygens (including phenoxy) is 2. The number of benzene rings is 1. The lowest BCUT2D eigenvalue weighted by Gasteiger charge is -2.17. The van der Waals surface area contributed by atoms with Crippen LogP contribution in [0.15, 0.2) is 16.6 Å². The number of hydrogen-bond donors (Lipinski definition) is 1. The fourth-order valence-corrected chi connectivity index (χ4v) is 3.20. The molecule has 1 aromatic rings. The van der Waals surface area contributed by atoms with Gasteiger partial charge in [0.05, 0.1) is 11.6 Å². The normalized spacial score (nSPS) is 15.0. The summed E-state index contributed by atoms with van der Waals surface area (Å²) in [4.78, 5) is 13.1. The molecule has 0 unspecified atom stereocenters. The second kappa shape index (κ2) is 8.39. The number of halogens is 1. The SMILES string of the molecule is COc1cc(CCC(=O)O)cc(Br)c1OCCN1CCCC1. The standard InChI is InChI=1S/C16H22BrNO4/c1-21-14-11-12(4-5-15(19)20)10-13(17)16(14)22-9-8-18-6-2-3-7-18/h10-11H,2-9H2,1H3,(H,19,20). The molecule has 1 heterocycles. The largest absolute Gasteiger partial charge is 0.493 e. The first-order chi connectivity index (χ1) is 10.6. The minimum atomic E-state index is -0.805. The van der Waals surface area contributed by atoms with Crippen molar-refractivity contribution in [3.05, 3.63) is 22.2 Å². The van der Waals surface area contributed by atoms with Crippen LogP contribution in [0, 0.1) is 0 Å². The van der Waals surface area contributed by atoms with Gasteiger partial charge in [-0.3, -0.25) is 9.69 Å². The monoisotopic (exact) mass is 371 g/mol. The molecule has 0 saturated carbocycles. The first kappa shape index (κ1) is 17.1. The Kier molecular flexibility index (Phi) is 6.51. The van der Waals surface area contributed by atoms with Crippen LogP contribution in [0.5, 0.6) is 11.5 Å². The zero-order valence-electron chi connectivity index (χ0n) is 12.8. The number of nitrogens with zero attached hydrogens (tertiary/aromatic N) is 1. The predicted molar refractivity (Wildman–Crippen MR) is 87.8 cm³/mol. The van der Waals surface area contributed by atoms with Crippen LogP contribution >= 0.6 is 15.9 Å². The van der Waals surface area contributed by atoms with Gasteiger partial charge in [-0.2, -0.15) is 0 Å². The molecule has 1 aromatic carbocycles. The van der Waals surface area contributed by atoms with Gasteiger partial charge in [-0.05, 0) is 66.0 Å². The Morgan fingerprint density at radius 3 is 2.73 bits per heavy atom. The first-order valence-corrected chi connectivity index (χ1v) is 8.33. The molecule has 1 aliphatic rings. The fourth-order valence-electron chi connectivity index (χ4n) is 2.59. The van der Waals surface area contributed by atoms with E-state index in [1.165, 1.54) is 12.8 Å². The van der Waals surface area contributed by atoms with E-state index in [2.05, 4.69) is 20.8 Å². The van der Waals surface area contributed by atoms with Crippen molar-refractivity contribution in [2.45, 2.75) is 25.7 Å². The topological polar surface area (TPSA) is 59.0 Å². The second-order valence-corrected chi connectivity index (χ2v) is 6.25. The van der Waals surface area contributed by atoms with Gasteiger partial charge in [-0.15, -0.1) is 0 Å². The van der Waals surface area contributed by atoms with Crippen LogP contribution in [0.25, 0.3) is 0 Å². The Morgan fingerprint density at radius 2 is 2.09 bits per heavy atom. The van der Waals surface area contributed by atoms with E-state index in [0.717, 1.165) is 29.7 Å². The van der Waals surface area contributed by atoms with E-state index in [1.54, 1.807) is 7.11 Å². The molecule has 5 nitrogen and oxygen atoms in total. The van der Waals surface area contributed by atoms with E-state index in [0.29, 0.717) is 24.5 Å². The molecule has 122 valence electrons. The van der Waals surface area contributed by atoms with Gasteiger partial charge in [0.15, 0.2) is 11.5 Å². The van der Waals surface area contributed by atoms with Crippen LogP contribution in [0.1, 0.15) is 24.8 Å². The van der Waals surface area contributed by atoms with Crippen molar-refractivity contribution in [1.29, 1.82) is 0 Å². The van der Waals surface area contributed by atoms with E-state index >= 15 is 0 Å². The highest BCUT2D eigenvalue weighted by atomic mass is 79.9. The highest BCUT2D eigenvalue weighted by Crippen LogP contribution is 2.37. The minimum absolute atomic E-state index is 0.102. The zero-order valence-corrected chi connectivity index (χ0v) is 14.4. The smallest absolute Gasteiger partial charge is 0.303 e. The highest BCUT2D eigenvalue weighted by Gasteiger charge is 2.15. The van der Waals surface area contributed by atoms with Crippen LogP contribution in [0.4, 0.5) is 0 Å². The number of carboxylic acid groups (broad SMARTS) is 1. The molecule has 0 aliphatic carbocycles. The number of carbonyl (C=O) groups is 1. The zero-order chi connectivity index (χ0) is 15.9. The summed E-state index contributed by atoms with van der Waals surface area (Å²) in [5.74, 6) is 0.512. The van der Waals surface area contributed by atoms with E-state index in [9.17, 15) is 4.79 Å². The van der Waals surface area contributed by atoms with Gasteiger partial charge in [0, 0.05) is 13.0 Å². The summed E-state index contributed by atoms with van der Waals surface area (Å²) in [6.07, 6.45) is 3.11. The first-order valence-electron chi connectivity index (χ1n) is 7.53. The molecule has 1 aliphatic heterocycles. The lowest BCUT2D eigenvalue weighted by atomic mass is 10.1. The van der Waals surface area contributed by atoms with E-state index in [4.69, 9.17) is 14.6 Å². The van der Waals surface area contributed by atoms with Gasteiger partial charge >= 0.3 is 5.97 Å². The number of methoxy groups -OCH3 is 1. The van der Waals surface area contributed by atoms with Crippen molar-refractivity contribution in [3.63, 3.8) is 0 Å². The van der Waals surface area contributed by atoms with Gasteiger partial charge in [-0.1, -0.05) is 0 Å². The van der Waals surface area contributed by atoms with Crippen LogP contribution in [-0.4, -0.2) is 49.3 Å². The molecule has 0 radical (unpaired) electrons. The number of rotatable bonds is 8. The van der Waals surface area contributed by atoms with Gasteiger partial charge in [-0.25, -0.2) is 0 Å². The Labute approximate surface area is 139 Å². The average Bonchev–Trinajstić information content (AvgIpc) is 3.00. The number of aryl methyl sites for hydroxylation is 1. The predicted octanol–water partition coefficient (Wildman–Crippen LogP) is 2.95. The van der Waals surface area contributed by atoms with Crippen molar-refractivity contribution >= 4 is 21.9 Å². The van der Waals surface area contributed by atoms with Gasteiger partial charge in [0.25, 0.3) is 0 Å². The van der Waals surface area contributed by atoms with Gasteiger partial charge in [0.1, 0.15) is 6.61 Å². The Bertz CT molecular complexity index is 515. The molecule has 0 aromatic heterocycles. The lowest BCUT2D eigenvalue weighted by molar-refractivity contribution is -0.136. The third kappa shape index (κ3) is 4.88. The molecule has 6 heteroatoms. The third-order valence-corrected chi connectivity index (χ3v) is 4.36. The fraction of sp³-hybridized carbons (Fsp3) is 0.562. The number of likely N-dealkylation sites (tertiary alicyclic amines) is 1. The van der Waals surface area contributed by atoms with Crippen LogP contribution in [-0.2, 0) is 11.2 Å². The van der Waals surface area contributed by atoms with Crippen molar-refractivity contribution < 1.29 is 19.4 Å². The maximum Gasteiger partial charge on any atom is 0.303 e. The molecule has 1 saturated heterocycles. The number of carboxylic acids is 1. The van der Waals surface area contributed by atoms with Gasteiger partial charge in [0.2, 0.25) is 0 Å². The third-order valence-electron chi connectivity index (χ3n) is 3.77. The van der Waals surface area contributed by atoms with Crippen molar-refractivity contribution in [2.75, 3.05) is 33.4 Å². The molecule has 2 rings (SSSR count). The molecule has 1 fully saturated rings. The number of aliphatic carboxylic acids is 1. The molecule has 0 atom stereocenters. The van der Waals surface area contributed by atoms with Crippen LogP contribution in [0.3, 0.4) is 0 Å². The molecule has 0 spiro atoms. The van der Waals surface area contributed by atoms with E-state index < -0.39 is 5.97 Å². The summed E-state index contributed by atoms with van der Waals surface area (Å²) in [5.41, 5.74) is 0.915. The van der Waals surface area contributed by atoms with Crippen molar-refractivity contribution in [1.82, 2.24) is 4.90 Å². The van der Waals surface area contributed by atoms with Gasteiger partial charge < -0.3 is 14.6 Å². The van der Waals surface area contributed by atoms with Crippen molar-refractivity contribution in [2.24, 2.45) is 0 Å².